The van der Waals surface area contributed by atoms with Crippen LogP contribution in [-0.2, 0) is 9.53 Å². The number of carbonyl (C=O) groups excluding carboxylic acids is 1. The van der Waals surface area contributed by atoms with Crippen LogP contribution in [0.15, 0.2) is 0 Å². The number of ether oxygens (including phenoxy) is 1. The fourth-order valence-corrected chi connectivity index (χ4v) is 2.23. The Kier molecular flexibility index (Phi) is 11.2. The van der Waals surface area contributed by atoms with E-state index in [2.05, 4.69) is 27.7 Å². The summed E-state index contributed by atoms with van der Waals surface area (Å²) in [4.78, 5) is 11.6. The minimum absolute atomic E-state index is 0.000142. The van der Waals surface area contributed by atoms with E-state index in [9.17, 15) is 4.79 Å². The van der Waals surface area contributed by atoms with Crippen molar-refractivity contribution in [3.8, 4) is 0 Å². The van der Waals surface area contributed by atoms with E-state index in [4.69, 9.17) is 4.74 Å². The standard InChI is InChI=1S/C16H32O2/c1-5-9-10-11-16(17)18-15(8-4)13-12-14(6-2)7-3/h14-15H,5-13H2,1-4H3. The van der Waals surface area contributed by atoms with Crippen LogP contribution in [0.3, 0.4) is 0 Å². The van der Waals surface area contributed by atoms with Gasteiger partial charge in [-0.25, -0.2) is 0 Å². The lowest BCUT2D eigenvalue weighted by Crippen LogP contribution is -2.18. The Morgan fingerprint density at radius 1 is 0.944 bits per heavy atom. The smallest absolute Gasteiger partial charge is 0.306 e. The summed E-state index contributed by atoms with van der Waals surface area (Å²) in [6.07, 6.45) is 9.61. The van der Waals surface area contributed by atoms with E-state index in [0.29, 0.717) is 6.42 Å². The Morgan fingerprint density at radius 3 is 2.11 bits per heavy atom. The number of hydrogen-bond acceptors (Lipinski definition) is 2. The molecule has 18 heavy (non-hydrogen) atoms. The van der Waals surface area contributed by atoms with Crippen LogP contribution >= 0.6 is 0 Å². The lowest BCUT2D eigenvalue weighted by molar-refractivity contribution is -0.149. The molecule has 0 aromatic heterocycles. The van der Waals surface area contributed by atoms with Gasteiger partial charge in [-0.05, 0) is 31.6 Å². The molecule has 0 saturated heterocycles. The highest BCUT2D eigenvalue weighted by Crippen LogP contribution is 2.19. The van der Waals surface area contributed by atoms with Crippen LogP contribution in [0.4, 0.5) is 0 Å². The van der Waals surface area contributed by atoms with Gasteiger partial charge in [-0.2, -0.15) is 0 Å². The van der Waals surface area contributed by atoms with Crippen LogP contribution < -0.4 is 0 Å². The van der Waals surface area contributed by atoms with Crippen molar-refractivity contribution >= 4 is 5.97 Å². The SMILES string of the molecule is CCCCCC(=O)OC(CC)CCC(CC)CC. The molecule has 0 N–H and O–H groups in total. The maximum Gasteiger partial charge on any atom is 0.306 e. The largest absolute Gasteiger partial charge is 0.462 e. The Morgan fingerprint density at radius 2 is 1.61 bits per heavy atom. The van der Waals surface area contributed by atoms with Gasteiger partial charge >= 0.3 is 5.97 Å². The molecule has 2 nitrogen and oxygen atoms in total. The first-order chi connectivity index (χ1) is 8.67. The second-order valence-corrected chi connectivity index (χ2v) is 5.24. The minimum Gasteiger partial charge on any atom is -0.462 e. The van der Waals surface area contributed by atoms with E-state index in [0.717, 1.165) is 38.0 Å². The van der Waals surface area contributed by atoms with Gasteiger partial charge in [0.25, 0.3) is 0 Å². The van der Waals surface area contributed by atoms with E-state index in [-0.39, 0.29) is 12.1 Å². The van der Waals surface area contributed by atoms with Gasteiger partial charge in [-0.1, -0.05) is 53.4 Å². The first-order valence-electron chi connectivity index (χ1n) is 7.87. The zero-order chi connectivity index (χ0) is 13.8. The van der Waals surface area contributed by atoms with Gasteiger partial charge in [0.1, 0.15) is 6.10 Å². The molecular weight excluding hydrogens is 224 g/mol. The zero-order valence-corrected chi connectivity index (χ0v) is 12.8. The normalized spacial score (nSPS) is 12.7. The summed E-state index contributed by atoms with van der Waals surface area (Å²) in [5.74, 6) is 0.790. The van der Waals surface area contributed by atoms with Crippen molar-refractivity contribution in [2.24, 2.45) is 5.92 Å². The highest BCUT2D eigenvalue weighted by molar-refractivity contribution is 5.69. The van der Waals surface area contributed by atoms with Gasteiger partial charge in [0.15, 0.2) is 0 Å². The highest BCUT2D eigenvalue weighted by Gasteiger charge is 2.14. The summed E-state index contributed by atoms with van der Waals surface area (Å²) in [5, 5.41) is 0. The number of hydrogen-bond donors (Lipinski definition) is 0. The second-order valence-electron chi connectivity index (χ2n) is 5.24. The third kappa shape index (κ3) is 8.54. The van der Waals surface area contributed by atoms with Crippen molar-refractivity contribution in [3.05, 3.63) is 0 Å². The molecule has 0 aliphatic heterocycles. The van der Waals surface area contributed by atoms with Crippen LogP contribution in [0.5, 0.6) is 0 Å². The van der Waals surface area contributed by atoms with E-state index in [1.807, 2.05) is 0 Å². The molecule has 0 spiro atoms. The maximum absolute atomic E-state index is 11.6. The number of esters is 1. The summed E-state index contributed by atoms with van der Waals surface area (Å²) in [5.41, 5.74) is 0. The van der Waals surface area contributed by atoms with Crippen LogP contribution in [0, 0.1) is 5.92 Å². The molecule has 0 heterocycles. The van der Waals surface area contributed by atoms with Crippen molar-refractivity contribution in [1.29, 1.82) is 0 Å². The number of unbranched alkanes of at least 4 members (excludes halogenated alkanes) is 2. The number of carbonyl (C=O) groups is 1. The van der Waals surface area contributed by atoms with Crippen LogP contribution in [0.2, 0.25) is 0 Å². The summed E-state index contributed by atoms with van der Waals surface area (Å²) in [7, 11) is 0. The Labute approximate surface area is 113 Å². The predicted molar refractivity (Wildman–Crippen MR) is 77.6 cm³/mol. The number of rotatable bonds is 11. The maximum atomic E-state index is 11.6. The van der Waals surface area contributed by atoms with Gasteiger partial charge in [0.2, 0.25) is 0 Å². The quantitative estimate of drug-likeness (QED) is 0.379. The molecule has 0 bridgehead atoms. The average molecular weight is 256 g/mol. The molecule has 1 unspecified atom stereocenters. The van der Waals surface area contributed by atoms with Crippen LogP contribution in [0.25, 0.3) is 0 Å². The average Bonchev–Trinajstić information content (AvgIpc) is 2.38. The monoisotopic (exact) mass is 256 g/mol. The summed E-state index contributed by atoms with van der Waals surface area (Å²) in [6, 6.07) is 0. The molecule has 0 saturated carbocycles. The lowest BCUT2D eigenvalue weighted by Gasteiger charge is -2.19. The topological polar surface area (TPSA) is 26.3 Å². The third-order valence-corrected chi connectivity index (χ3v) is 3.79. The van der Waals surface area contributed by atoms with Crippen molar-refractivity contribution in [2.75, 3.05) is 0 Å². The Hall–Kier alpha value is -0.530. The Balaban J connectivity index is 3.84. The van der Waals surface area contributed by atoms with Crippen molar-refractivity contribution in [1.82, 2.24) is 0 Å². The Bertz CT molecular complexity index is 197. The molecule has 0 aliphatic rings. The van der Waals surface area contributed by atoms with Crippen molar-refractivity contribution in [2.45, 2.75) is 91.6 Å². The van der Waals surface area contributed by atoms with Gasteiger partial charge in [0, 0.05) is 6.42 Å². The first-order valence-corrected chi connectivity index (χ1v) is 7.87. The molecule has 0 radical (unpaired) electrons. The highest BCUT2D eigenvalue weighted by atomic mass is 16.5. The molecule has 0 aromatic carbocycles. The molecule has 2 heteroatoms. The van der Waals surface area contributed by atoms with Gasteiger partial charge in [0.05, 0.1) is 0 Å². The van der Waals surface area contributed by atoms with E-state index in [1.54, 1.807) is 0 Å². The predicted octanol–water partition coefficient (Wildman–Crippen LogP) is 5.10. The molecule has 1 atom stereocenters. The molecule has 0 fully saturated rings. The fraction of sp³-hybridized carbons (Fsp3) is 0.938. The zero-order valence-electron chi connectivity index (χ0n) is 12.8. The molecule has 0 rings (SSSR count). The molecule has 0 aliphatic carbocycles. The fourth-order valence-electron chi connectivity index (χ4n) is 2.23. The lowest BCUT2D eigenvalue weighted by atomic mass is 9.95. The van der Waals surface area contributed by atoms with Crippen LogP contribution in [0.1, 0.15) is 85.5 Å². The van der Waals surface area contributed by atoms with Gasteiger partial charge in [-0.3, -0.25) is 4.79 Å². The first kappa shape index (κ1) is 17.5. The van der Waals surface area contributed by atoms with Crippen molar-refractivity contribution in [3.63, 3.8) is 0 Å². The van der Waals surface area contributed by atoms with Gasteiger partial charge < -0.3 is 4.74 Å². The second kappa shape index (κ2) is 11.6. The third-order valence-electron chi connectivity index (χ3n) is 3.79. The minimum atomic E-state index is -0.000142. The summed E-state index contributed by atoms with van der Waals surface area (Å²) in [6.45, 7) is 8.74. The van der Waals surface area contributed by atoms with E-state index < -0.39 is 0 Å². The summed E-state index contributed by atoms with van der Waals surface area (Å²) < 4.78 is 5.55. The molecule has 0 amide bonds. The summed E-state index contributed by atoms with van der Waals surface area (Å²) >= 11 is 0. The van der Waals surface area contributed by atoms with Gasteiger partial charge in [-0.15, -0.1) is 0 Å². The molecule has 108 valence electrons. The van der Waals surface area contributed by atoms with Crippen LogP contribution in [-0.4, -0.2) is 12.1 Å². The molecule has 0 aromatic rings. The molecular formula is C16H32O2. The van der Waals surface area contributed by atoms with E-state index >= 15 is 0 Å². The van der Waals surface area contributed by atoms with E-state index in [1.165, 1.54) is 19.3 Å². The van der Waals surface area contributed by atoms with Crippen molar-refractivity contribution < 1.29 is 9.53 Å².